The van der Waals surface area contributed by atoms with Gasteiger partial charge in [-0.3, -0.25) is 0 Å². The zero-order valence-corrected chi connectivity index (χ0v) is 14.6. The molecule has 1 aromatic heterocycles. The van der Waals surface area contributed by atoms with E-state index in [1.54, 1.807) is 0 Å². The van der Waals surface area contributed by atoms with Gasteiger partial charge in [0.1, 0.15) is 0 Å². The van der Waals surface area contributed by atoms with Gasteiger partial charge in [-0.15, -0.1) is 0 Å². The largest absolute Gasteiger partial charge is 0.345 e. The van der Waals surface area contributed by atoms with Crippen molar-refractivity contribution in [2.75, 3.05) is 6.54 Å². The quantitative estimate of drug-likeness (QED) is 0.840. The summed E-state index contributed by atoms with van der Waals surface area (Å²) in [5, 5.41) is 5.74. The Kier molecular flexibility index (Phi) is 5.85. The van der Waals surface area contributed by atoms with Crippen molar-refractivity contribution in [3.63, 3.8) is 0 Å². The van der Waals surface area contributed by atoms with Gasteiger partial charge in [0.05, 0.1) is 6.54 Å². The Bertz CT molecular complexity index is 650. The molecule has 4 heteroatoms. The van der Waals surface area contributed by atoms with Gasteiger partial charge in [0.25, 0.3) is 0 Å². The third-order valence-corrected chi connectivity index (χ3v) is 4.06. The first kappa shape index (κ1) is 17.1. The molecular weight excluding hydrogens is 286 g/mol. The second-order valence-corrected chi connectivity index (χ2v) is 6.11. The van der Waals surface area contributed by atoms with Crippen LogP contribution in [0.25, 0.3) is 0 Å². The van der Waals surface area contributed by atoms with Crippen LogP contribution in [0.2, 0.25) is 0 Å². The van der Waals surface area contributed by atoms with E-state index in [-0.39, 0.29) is 6.03 Å². The standard InChI is InChI=1S/C19H27N3O/c1-5-8-20-19(23)21-12-17-7-6-9-22(17)13-18-15(3)10-14(2)11-16(18)4/h6-7,9-11H,5,8,12-13H2,1-4H3,(H2,20,21,23). The maximum absolute atomic E-state index is 11.7. The Labute approximate surface area is 138 Å². The molecule has 0 aliphatic rings. The zero-order chi connectivity index (χ0) is 16.8. The number of aromatic nitrogens is 1. The lowest BCUT2D eigenvalue weighted by Crippen LogP contribution is -2.35. The van der Waals surface area contributed by atoms with Crippen LogP contribution in [-0.2, 0) is 13.1 Å². The normalized spacial score (nSPS) is 10.6. The molecule has 124 valence electrons. The highest BCUT2D eigenvalue weighted by Crippen LogP contribution is 2.18. The summed E-state index contributed by atoms with van der Waals surface area (Å²) >= 11 is 0. The molecule has 4 nitrogen and oxygen atoms in total. The summed E-state index contributed by atoms with van der Waals surface area (Å²) in [6.45, 7) is 10.6. The van der Waals surface area contributed by atoms with Crippen LogP contribution >= 0.6 is 0 Å². The summed E-state index contributed by atoms with van der Waals surface area (Å²) in [4.78, 5) is 11.7. The van der Waals surface area contributed by atoms with Crippen molar-refractivity contribution in [1.82, 2.24) is 15.2 Å². The minimum Gasteiger partial charge on any atom is -0.345 e. The topological polar surface area (TPSA) is 46.1 Å². The van der Waals surface area contributed by atoms with E-state index in [9.17, 15) is 4.79 Å². The highest BCUT2D eigenvalue weighted by molar-refractivity contribution is 5.73. The smallest absolute Gasteiger partial charge is 0.315 e. The number of amides is 2. The van der Waals surface area contributed by atoms with Crippen LogP contribution < -0.4 is 10.6 Å². The Morgan fingerprint density at radius 1 is 1.13 bits per heavy atom. The average molecular weight is 313 g/mol. The fourth-order valence-electron chi connectivity index (χ4n) is 2.87. The number of aryl methyl sites for hydroxylation is 3. The molecule has 0 fully saturated rings. The van der Waals surface area contributed by atoms with Crippen LogP contribution in [0.5, 0.6) is 0 Å². The lowest BCUT2D eigenvalue weighted by Gasteiger charge is -2.15. The number of hydrogen-bond donors (Lipinski definition) is 2. The summed E-state index contributed by atoms with van der Waals surface area (Å²) in [5.74, 6) is 0. The minimum atomic E-state index is -0.109. The van der Waals surface area contributed by atoms with Crippen LogP contribution in [0.3, 0.4) is 0 Å². The molecule has 23 heavy (non-hydrogen) atoms. The van der Waals surface area contributed by atoms with Crippen LogP contribution in [0.4, 0.5) is 4.79 Å². The van der Waals surface area contributed by atoms with Crippen LogP contribution in [0.1, 0.15) is 41.3 Å². The maximum atomic E-state index is 11.7. The molecule has 2 N–H and O–H groups in total. The van der Waals surface area contributed by atoms with E-state index < -0.39 is 0 Å². The van der Waals surface area contributed by atoms with Crippen molar-refractivity contribution in [3.8, 4) is 0 Å². The molecule has 0 aliphatic heterocycles. The van der Waals surface area contributed by atoms with Crippen molar-refractivity contribution in [1.29, 1.82) is 0 Å². The molecule has 0 saturated heterocycles. The van der Waals surface area contributed by atoms with Gasteiger partial charge in [0.15, 0.2) is 0 Å². The summed E-state index contributed by atoms with van der Waals surface area (Å²) in [5.41, 5.74) is 6.39. The third-order valence-electron chi connectivity index (χ3n) is 4.06. The molecule has 0 unspecified atom stereocenters. The molecular formula is C19H27N3O. The predicted molar refractivity (Wildman–Crippen MR) is 94.7 cm³/mol. The van der Waals surface area contributed by atoms with Crippen molar-refractivity contribution < 1.29 is 4.79 Å². The fourth-order valence-corrected chi connectivity index (χ4v) is 2.87. The van der Waals surface area contributed by atoms with Gasteiger partial charge < -0.3 is 15.2 Å². The van der Waals surface area contributed by atoms with E-state index in [4.69, 9.17) is 0 Å². The fraction of sp³-hybridized carbons (Fsp3) is 0.421. The van der Waals surface area contributed by atoms with Crippen LogP contribution in [0, 0.1) is 20.8 Å². The number of carbonyl (C=O) groups is 1. The SMILES string of the molecule is CCCNC(=O)NCc1cccn1Cc1c(C)cc(C)cc1C. The van der Waals surface area contributed by atoms with Crippen molar-refractivity contribution in [2.24, 2.45) is 0 Å². The maximum Gasteiger partial charge on any atom is 0.315 e. The second-order valence-electron chi connectivity index (χ2n) is 6.11. The van der Waals surface area contributed by atoms with E-state index in [0.717, 1.165) is 18.7 Å². The number of carbonyl (C=O) groups excluding carboxylic acids is 1. The Morgan fingerprint density at radius 3 is 2.48 bits per heavy atom. The first-order chi connectivity index (χ1) is 11.0. The number of nitrogens with zero attached hydrogens (tertiary/aromatic N) is 1. The molecule has 2 amide bonds. The summed E-state index contributed by atoms with van der Waals surface area (Å²) in [7, 11) is 0. The number of urea groups is 1. The minimum absolute atomic E-state index is 0.109. The highest BCUT2D eigenvalue weighted by atomic mass is 16.2. The molecule has 0 radical (unpaired) electrons. The van der Waals surface area contributed by atoms with Crippen LogP contribution in [0.15, 0.2) is 30.5 Å². The Morgan fingerprint density at radius 2 is 1.83 bits per heavy atom. The molecule has 0 saturated carbocycles. The first-order valence-electron chi connectivity index (χ1n) is 8.23. The van der Waals surface area contributed by atoms with Gasteiger partial charge in [-0.05, 0) is 56.0 Å². The van der Waals surface area contributed by atoms with Gasteiger partial charge >= 0.3 is 6.03 Å². The summed E-state index contributed by atoms with van der Waals surface area (Å²) < 4.78 is 2.20. The second kappa shape index (κ2) is 7.86. The summed E-state index contributed by atoms with van der Waals surface area (Å²) in [6.07, 6.45) is 3.01. The Hall–Kier alpha value is -2.23. The molecule has 0 atom stereocenters. The molecule has 2 rings (SSSR count). The number of rotatable bonds is 6. The number of benzene rings is 1. The van der Waals surface area contributed by atoms with Gasteiger partial charge in [0, 0.05) is 25.0 Å². The number of nitrogens with one attached hydrogen (secondary N) is 2. The molecule has 0 spiro atoms. The zero-order valence-electron chi connectivity index (χ0n) is 14.6. The van der Waals surface area contributed by atoms with E-state index in [1.165, 1.54) is 22.3 Å². The monoisotopic (exact) mass is 313 g/mol. The van der Waals surface area contributed by atoms with E-state index >= 15 is 0 Å². The van der Waals surface area contributed by atoms with Crippen molar-refractivity contribution >= 4 is 6.03 Å². The van der Waals surface area contributed by atoms with E-state index in [1.807, 2.05) is 13.0 Å². The van der Waals surface area contributed by atoms with Gasteiger partial charge in [-0.25, -0.2) is 4.79 Å². The molecule has 0 bridgehead atoms. The predicted octanol–water partition coefficient (Wildman–Crippen LogP) is 3.67. The van der Waals surface area contributed by atoms with Crippen molar-refractivity contribution in [3.05, 3.63) is 58.4 Å². The third kappa shape index (κ3) is 4.62. The highest BCUT2D eigenvalue weighted by Gasteiger charge is 2.08. The first-order valence-corrected chi connectivity index (χ1v) is 8.23. The van der Waals surface area contributed by atoms with Gasteiger partial charge in [0.2, 0.25) is 0 Å². The molecule has 2 aromatic rings. The van der Waals surface area contributed by atoms with Crippen LogP contribution in [-0.4, -0.2) is 17.1 Å². The lowest BCUT2D eigenvalue weighted by molar-refractivity contribution is 0.240. The average Bonchev–Trinajstić information content (AvgIpc) is 2.94. The lowest BCUT2D eigenvalue weighted by atomic mass is 10.00. The Balaban J connectivity index is 2.06. The molecule has 0 aliphatic carbocycles. The molecule has 1 heterocycles. The van der Waals surface area contributed by atoms with E-state index in [2.05, 4.69) is 60.4 Å². The van der Waals surface area contributed by atoms with Crippen molar-refractivity contribution in [2.45, 2.75) is 47.2 Å². The summed E-state index contributed by atoms with van der Waals surface area (Å²) in [6, 6.07) is 8.42. The molecule has 1 aromatic carbocycles. The van der Waals surface area contributed by atoms with Gasteiger partial charge in [-0.1, -0.05) is 24.6 Å². The van der Waals surface area contributed by atoms with E-state index in [0.29, 0.717) is 13.1 Å². The number of hydrogen-bond acceptors (Lipinski definition) is 1. The van der Waals surface area contributed by atoms with Gasteiger partial charge in [-0.2, -0.15) is 0 Å².